The second-order valence-corrected chi connectivity index (χ2v) is 4.19. The van der Waals surface area contributed by atoms with Gasteiger partial charge in [-0.05, 0) is 25.6 Å². The summed E-state index contributed by atoms with van der Waals surface area (Å²) in [4.78, 5) is 1.37. The van der Waals surface area contributed by atoms with Gasteiger partial charge in [-0.3, -0.25) is 0 Å². The maximum absolute atomic E-state index is 3.31. The summed E-state index contributed by atoms with van der Waals surface area (Å²) in [5.74, 6) is 1.15. The van der Waals surface area contributed by atoms with Gasteiger partial charge < -0.3 is 5.32 Å². The molecule has 0 radical (unpaired) electrons. The van der Waals surface area contributed by atoms with E-state index in [9.17, 15) is 0 Å². The molecule has 0 aromatic heterocycles. The lowest BCUT2D eigenvalue weighted by atomic mass is 10.2. The first-order valence-electron chi connectivity index (χ1n) is 4.73. The summed E-state index contributed by atoms with van der Waals surface area (Å²) in [6, 6.07) is 8.65. The average molecular weight is 195 g/mol. The van der Waals surface area contributed by atoms with Crippen molar-refractivity contribution in [2.45, 2.75) is 18.7 Å². The van der Waals surface area contributed by atoms with E-state index in [1.165, 1.54) is 10.5 Å². The van der Waals surface area contributed by atoms with E-state index in [2.05, 4.69) is 43.4 Å². The number of rotatable bonds is 5. The zero-order chi connectivity index (χ0) is 9.52. The standard InChI is InChI=1S/C11H17NS/c1-3-12-7-8-13-11-6-4-5-10(2)9-11/h4-6,9,12H,3,7-8H2,1-2H3. The average Bonchev–Trinajstić information content (AvgIpc) is 2.13. The minimum absolute atomic E-state index is 1.06. The first kappa shape index (κ1) is 10.6. The summed E-state index contributed by atoms with van der Waals surface area (Å²) in [6.07, 6.45) is 0. The number of hydrogen-bond acceptors (Lipinski definition) is 2. The highest BCUT2D eigenvalue weighted by molar-refractivity contribution is 7.99. The Bertz CT molecular complexity index is 248. The highest BCUT2D eigenvalue weighted by atomic mass is 32.2. The van der Waals surface area contributed by atoms with Crippen LogP contribution in [0.15, 0.2) is 29.2 Å². The lowest BCUT2D eigenvalue weighted by molar-refractivity contribution is 0.768. The lowest BCUT2D eigenvalue weighted by Crippen LogP contribution is -2.15. The molecule has 0 aliphatic carbocycles. The number of benzene rings is 1. The van der Waals surface area contributed by atoms with Gasteiger partial charge in [-0.2, -0.15) is 0 Å². The van der Waals surface area contributed by atoms with E-state index in [0.29, 0.717) is 0 Å². The van der Waals surface area contributed by atoms with Crippen molar-refractivity contribution in [2.24, 2.45) is 0 Å². The van der Waals surface area contributed by atoms with Gasteiger partial charge in [0.15, 0.2) is 0 Å². The summed E-state index contributed by atoms with van der Waals surface area (Å²) in [5, 5.41) is 3.31. The van der Waals surface area contributed by atoms with Crippen LogP contribution in [0.3, 0.4) is 0 Å². The van der Waals surface area contributed by atoms with Gasteiger partial charge in [0.1, 0.15) is 0 Å². The van der Waals surface area contributed by atoms with E-state index in [1.807, 2.05) is 11.8 Å². The third-order valence-electron chi connectivity index (χ3n) is 1.79. The number of nitrogens with one attached hydrogen (secondary N) is 1. The SMILES string of the molecule is CCNCCSc1cccc(C)c1. The van der Waals surface area contributed by atoms with Crippen molar-refractivity contribution in [3.8, 4) is 0 Å². The molecule has 1 aromatic rings. The quantitative estimate of drug-likeness (QED) is 0.572. The number of hydrogen-bond donors (Lipinski definition) is 1. The van der Waals surface area contributed by atoms with Crippen molar-refractivity contribution < 1.29 is 0 Å². The monoisotopic (exact) mass is 195 g/mol. The molecule has 1 rings (SSSR count). The normalized spacial score (nSPS) is 10.3. The molecule has 13 heavy (non-hydrogen) atoms. The third-order valence-corrected chi connectivity index (χ3v) is 2.78. The Hall–Kier alpha value is -0.470. The van der Waals surface area contributed by atoms with Crippen LogP contribution < -0.4 is 5.32 Å². The second kappa shape index (κ2) is 6.06. The van der Waals surface area contributed by atoms with Crippen molar-refractivity contribution >= 4 is 11.8 Å². The topological polar surface area (TPSA) is 12.0 Å². The molecule has 0 aliphatic heterocycles. The summed E-state index contributed by atoms with van der Waals surface area (Å²) >= 11 is 1.91. The number of aryl methyl sites for hydroxylation is 1. The molecule has 0 bridgehead atoms. The summed E-state index contributed by atoms with van der Waals surface area (Å²) in [7, 11) is 0. The second-order valence-electron chi connectivity index (χ2n) is 3.02. The molecule has 1 nitrogen and oxygen atoms in total. The molecule has 0 fully saturated rings. The Kier molecular flexibility index (Phi) is 4.94. The van der Waals surface area contributed by atoms with E-state index in [1.54, 1.807) is 0 Å². The van der Waals surface area contributed by atoms with Gasteiger partial charge in [0, 0.05) is 17.2 Å². The van der Waals surface area contributed by atoms with Crippen LogP contribution in [0.25, 0.3) is 0 Å². The molecule has 0 atom stereocenters. The molecule has 0 amide bonds. The van der Waals surface area contributed by atoms with Gasteiger partial charge in [-0.15, -0.1) is 11.8 Å². The third kappa shape index (κ3) is 4.34. The van der Waals surface area contributed by atoms with Crippen LogP contribution in [-0.2, 0) is 0 Å². The fraction of sp³-hybridized carbons (Fsp3) is 0.455. The number of thioether (sulfide) groups is 1. The van der Waals surface area contributed by atoms with Crippen molar-refractivity contribution in [1.82, 2.24) is 5.32 Å². The van der Waals surface area contributed by atoms with Crippen molar-refractivity contribution in [2.75, 3.05) is 18.8 Å². The predicted octanol–water partition coefficient (Wildman–Crippen LogP) is 2.70. The zero-order valence-corrected chi connectivity index (χ0v) is 9.16. The van der Waals surface area contributed by atoms with Crippen LogP contribution in [0, 0.1) is 6.92 Å². The summed E-state index contributed by atoms with van der Waals surface area (Å²) < 4.78 is 0. The van der Waals surface area contributed by atoms with Crippen molar-refractivity contribution in [3.63, 3.8) is 0 Å². The molecule has 72 valence electrons. The minimum atomic E-state index is 1.06. The van der Waals surface area contributed by atoms with Crippen molar-refractivity contribution in [3.05, 3.63) is 29.8 Å². The molecule has 0 unspecified atom stereocenters. The van der Waals surface area contributed by atoms with Crippen LogP contribution in [0.4, 0.5) is 0 Å². The molecule has 0 heterocycles. The fourth-order valence-electron chi connectivity index (χ4n) is 1.12. The fourth-order valence-corrected chi connectivity index (χ4v) is 2.05. The molecule has 2 heteroatoms. The van der Waals surface area contributed by atoms with Crippen molar-refractivity contribution in [1.29, 1.82) is 0 Å². The Labute approximate surface area is 84.9 Å². The Morgan fingerprint density at radius 2 is 2.23 bits per heavy atom. The van der Waals surface area contributed by atoms with E-state index < -0.39 is 0 Å². The maximum atomic E-state index is 3.31. The van der Waals surface area contributed by atoms with Gasteiger partial charge in [-0.25, -0.2) is 0 Å². The predicted molar refractivity (Wildman–Crippen MR) is 60.4 cm³/mol. The first-order valence-corrected chi connectivity index (χ1v) is 5.71. The molecule has 1 aromatic carbocycles. The molecular weight excluding hydrogens is 178 g/mol. The molecule has 0 aliphatic rings. The van der Waals surface area contributed by atoms with Gasteiger partial charge in [0.05, 0.1) is 0 Å². The van der Waals surface area contributed by atoms with Gasteiger partial charge in [0.2, 0.25) is 0 Å². The van der Waals surface area contributed by atoms with Crippen LogP contribution >= 0.6 is 11.8 Å². The van der Waals surface area contributed by atoms with Crippen LogP contribution in [0.1, 0.15) is 12.5 Å². The highest BCUT2D eigenvalue weighted by Crippen LogP contribution is 2.17. The van der Waals surface area contributed by atoms with E-state index in [0.717, 1.165) is 18.8 Å². The molecule has 0 saturated carbocycles. The Balaban J connectivity index is 2.28. The van der Waals surface area contributed by atoms with Crippen LogP contribution in [-0.4, -0.2) is 18.8 Å². The zero-order valence-electron chi connectivity index (χ0n) is 8.34. The van der Waals surface area contributed by atoms with Crippen LogP contribution in [0.2, 0.25) is 0 Å². The largest absolute Gasteiger partial charge is 0.316 e. The first-order chi connectivity index (χ1) is 6.33. The maximum Gasteiger partial charge on any atom is 0.0106 e. The lowest BCUT2D eigenvalue weighted by Gasteiger charge is -2.02. The summed E-state index contributed by atoms with van der Waals surface area (Å²) in [5.41, 5.74) is 1.34. The van der Waals surface area contributed by atoms with Gasteiger partial charge in [-0.1, -0.05) is 24.6 Å². The molecule has 0 saturated heterocycles. The molecule has 0 spiro atoms. The van der Waals surface area contributed by atoms with E-state index in [4.69, 9.17) is 0 Å². The van der Waals surface area contributed by atoms with Crippen LogP contribution in [0.5, 0.6) is 0 Å². The highest BCUT2D eigenvalue weighted by Gasteiger charge is 1.92. The van der Waals surface area contributed by atoms with E-state index >= 15 is 0 Å². The van der Waals surface area contributed by atoms with Gasteiger partial charge in [0.25, 0.3) is 0 Å². The minimum Gasteiger partial charge on any atom is -0.316 e. The smallest absolute Gasteiger partial charge is 0.0106 e. The Morgan fingerprint density at radius 3 is 2.92 bits per heavy atom. The molecular formula is C11H17NS. The Morgan fingerprint density at radius 1 is 1.38 bits per heavy atom. The summed E-state index contributed by atoms with van der Waals surface area (Å²) in [6.45, 7) is 6.43. The molecule has 1 N–H and O–H groups in total. The van der Waals surface area contributed by atoms with Gasteiger partial charge >= 0.3 is 0 Å². The van der Waals surface area contributed by atoms with E-state index in [-0.39, 0.29) is 0 Å².